The number of aromatic nitrogens is 1. The predicted octanol–water partition coefficient (Wildman–Crippen LogP) is 5.88. The number of rotatable bonds is 5. The van der Waals surface area contributed by atoms with Crippen molar-refractivity contribution in [1.82, 2.24) is 4.98 Å². The first-order chi connectivity index (χ1) is 13.6. The summed E-state index contributed by atoms with van der Waals surface area (Å²) in [6, 6.07) is 19.5. The second-order valence-corrected chi connectivity index (χ2v) is 7.83. The summed E-state index contributed by atoms with van der Waals surface area (Å²) in [5.41, 5.74) is 2.43. The summed E-state index contributed by atoms with van der Waals surface area (Å²) in [6.07, 6.45) is 0. The summed E-state index contributed by atoms with van der Waals surface area (Å²) in [6.45, 7) is -0.196. The van der Waals surface area contributed by atoms with Gasteiger partial charge in [0.05, 0.1) is 20.4 Å². The Hall–Kier alpha value is -2.77. The van der Waals surface area contributed by atoms with Gasteiger partial charge in [0.2, 0.25) is 0 Å². The number of amides is 1. The van der Waals surface area contributed by atoms with E-state index in [1.807, 2.05) is 48.5 Å². The molecule has 4 nitrogen and oxygen atoms in total. The van der Waals surface area contributed by atoms with Gasteiger partial charge in [-0.3, -0.25) is 4.79 Å². The first kappa shape index (κ1) is 18.6. The molecule has 0 aliphatic heterocycles. The van der Waals surface area contributed by atoms with Gasteiger partial charge in [-0.15, -0.1) is 11.3 Å². The van der Waals surface area contributed by atoms with Crippen molar-refractivity contribution >= 4 is 49.1 Å². The fourth-order valence-electron chi connectivity index (χ4n) is 2.69. The Kier molecular flexibility index (Phi) is 5.36. The summed E-state index contributed by atoms with van der Waals surface area (Å²) < 4.78 is 20.2. The third kappa shape index (κ3) is 4.05. The van der Waals surface area contributed by atoms with Gasteiger partial charge in [0.25, 0.3) is 5.91 Å². The Morgan fingerprint density at radius 3 is 2.71 bits per heavy atom. The van der Waals surface area contributed by atoms with Gasteiger partial charge in [0.15, 0.2) is 6.61 Å². The first-order valence-corrected chi connectivity index (χ1v) is 10.0. The number of nitrogens with one attached hydrogen (secondary N) is 1. The van der Waals surface area contributed by atoms with Gasteiger partial charge >= 0.3 is 0 Å². The topological polar surface area (TPSA) is 51.2 Å². The quantitative estimate of drug-likeness (QED) is 0.407. The zero-order valence-corrected chi connectivity index (χ0v) is 16.9. The van der Waals surface area contributed by atoms with E-state index in [1.165, 1.54) is 18.2 Å². The summed E-state index contributed by atoms with van der Waals surface area (Å²) >= 11 is 4.79. The van der Waals surface area contributed by atoms with Crippen LogP contribution in [0.5, 0.6) is 5.75 Å². The number of carbonyl (C=O) groups is 1. The van der Waals surface area contributed by atoms with Crippen molar-refractivity contribution in [2.75, 3.05) is 11.9 Å². The second-order valence-electron chi connectivity index (χ2n) is 5.94. The number of fused-ring (bicyclic) bond motifs is 1. The lowest BCUT2D eigenvalue weighted by molar-refractivity contribution is -0.118. The molecule has 0 radical (unpaired) electrons. The molecule has 0 aliphatic carbocycles. The maximum absolute atomic E-state index is 13.1. The van der Waals surface area contributed by atoms with E-state index in [2.05, 4.69) is 26.2 Å². The Morgan fingerprint density at radius 2 is 1.89 bits per heavy atom. The monoisotopic (exact) mass is 456 g/mol. The Morgan fingerprint density at radius 1 is 1.11 bits per heavy atom. The molecule has 7 heteroatoms. The molecule has 140 valence electrons. The van der Waals surface area contributed by atoms with Crippen LogP contribution < -0.4 is 10.1 Å². The van der Waals surface area contributed by atoms with Gasteiger partial charge in [-0.1, -0.05) is 24.3 Å². The Balaban J connectivity index is 1.51. The van der Waals surface area contributed by atoms with Crippen molar-refractivity contribution in [2.24, 2.45) is 0 Å². The number of para-hydroxylation sites is 2. The molecule has 0 aliphatic rings. The lowest BCUT2D eigenvalue weighted by Crippen LogP contribution is -2.20. The number of benzene rings is 3. The average Bonchev–Trinajstić information content (AvgIpc) is 3.12. The molecular weight excluding hydrogens is 443 g/mol. The van der Waals surface area contributed by atoms with Crippen molar-refractivity contribution in [3.8, 4) is 16.3 Å². The molecule has 0 unspecified atom stereocenters. The van der Waals surface area contributed by atoms with E-state index in [9.17, 15) is 9.18 Å². The molecule has 0 saturated heterocycles. The van der Waals surface area contributed by atoms with E-state index in [0.29, 0.717) is 15.9 Å². The maximum Gasteiger partial charge on any atom is 0.262 e. The SMILES string of the molecule is O=C(COc1ccc(F)cc1Br)Nc1ccccc1-c1nc2ccccc2s1. The highest BCUT2D eigenvalue weighted by Crippen LogP contribution is 2.34. The van der Waals surface area contributed by atoms with Gasteiger partial charge in [-0.25, -0.2) is 9.37 Å². The molecule has 1 N–H and O–H groups in total. The Labute approximate surface area is 173 Å². The van der Waals surface area contributed by atoms with Crippen LogP contribution in [-0.4, -0.2) is 17.5 Å². The maximum atomic E-state index is 13.1. The van der Waals surface area contributed by atoms with E-state index >= 15 is 0 Å². The lowest BCUT2D eigenvalue weighted by atomic mass is 10.2. The van der Waals surface area contributed by atoms with E-state index in [1.54, 1.807) is 11.3 Å². The van der Waals surface area contributed by atoms with E-state index < -0.39 is 0 Å². The number of thiazole rings is 1. The number of nitrogens with zero attached hydrogens (tertiary/aromatic N) is 1. The van der Waals surface area contributed by atoms with Gasteiger partial charge in [0.1, 0.15) is 16.6 Å². The van der Waals surface area contributed by atoms with Crippen LogP contribution in [0.15, 0.2) is 71.2 Å². The van der Waals surface area contributed by atoms with Crippen molar-refractivity contribution in [3.63, 3.8) is 0 Å². The zero-order chi connectivity index (χ0) is 19.5. The number of ether oxygens (including phenoxy) is 1. The second kappa shape index (κ2) is 8.08. The summed E-state index contributed by atoms with van der Waals surface area (Å²) in [4.78, 5) is 17.0. The van der Waals surface area contributed by atoms with Crippen LogP contribution in [0.25, 0.3) is 20.8 Å². The number of carbonyl (C=O) groups excluding carboxylic acids is 1. The fourth-order valence-corrected chi connectivity index (χ4v) is 4.16. The van der Waals surface area contributed by atoms with E-state index in [-0.39, 0.29) is 18.3 Å². The molecule has 0 fully saturated rings. The molecular formula is C21H14BrFN2O2S. The largest absolute Gasteiger partial charge is 0.483 e. The highest BCUT2D eigenvalue weighted by molar-refractivity contribution is 9.10. The van der Waals surface area contributed by atoms with Gasteiger partial charge in [-0.2, -0.15) is 0 Å². The predicted molar refractivity (Wildman–Crippen MR) is 113 cm³/mol. The minimum atomic E-state index is -0.381. The van der Waals surface area contributed by atoms with Crippen LogP contribution in [0.4, 0.5) is 10.1 Å². The number of anilines is 1. The average molecular weight is 457 g/mol. The van der Waals surface area contributed by atoms with Crippen molar-refractivity contribution in [2.45, 2.75) is 0 Å². The summed E-state index contributed by atoms with van der Waals surface area (Å²) in [7, 11) is 0. The lowest BCUT2D eigenvalue weighted by Gasteiger charge is -2.11. The van der Waals surface area contributed by atoms with Gasteiger partial charge in [-0.05, 0) is 58.4 Å². The van der Waals surface area contributed by atoms with Gasteiger partial charge < -0.3 is 10.1 Å². The molecule has 4 aromatic rings. The molecule has 1 heterocycles. The van der Waals surface area contributed by atoms with Gasteiger partial charge in [0, 0.05) is 5.56 Å². The molecule has 28 heavy (non-hydrogen) atoms. The molecule has 0 saturated carbocycles. The third-order valence-corrected chi connectivity index (χ3v) is 5.67. The number of hydrogen-bond acceptors (Lipinski definition) is 4. The summed E-state index contributed by atoms with van der Waals surface area (Å²) in [5.74, 6) is -0.297. The molecule has 0 bridgehead atoms. The van der Waals surface area contributed by atoms with Crippen LogP contribution in [0, 0.1) is 5.82 Å². The summed E-state index contributed by atoms with van der Waals surface area (Å²) in [5, 5.41) is 3.70. The van der Waals surface area contributed by atoms with Crippen LogP contribution in [0.1, 0.15) is 0 Å². The van der Waals surface area contributed by atoms with Crippen molar-refractivity contribution < 1.29 is 13.9 Å². The van der Waals surface area contributed by atoms with E-state index in [0.717, 1.165) is 20.8 Å². The number of hydrogen-bond donors (Lipinski definition) is 1. The first-order valence-electron chi connectivity index (χ1n) is 8.43. The molecule has 1 amide bonds. The highest BCUT2D eigenvalue weighted by atomic mass is 79.9. The van der Waals surface area contributed by atoms with E-state index in [4.69, 9.17) is 4.74 Å². The minimum absolute atomic E-state index is 0.196. The molecule has 0 spiro atoms. The zero-order valence-electron chi connectivity index (χ0n) is 14.5. The molecule has 1 aromatic heterocycles. The normalized spacial score (nSPS) is 10.8. The Bertz CT molecular complexity index is 1130. The number of halogens is 2. The highest BCUT2D eigenvalue weighted by Gasteiger charge is 2.13. The van der Waals surface area contributed by atoms with Crippen LogP contribution >= 0.6 is 27.3 Å². The van der Waals surface area contributed by atoms with Crippen LogP contribution in [0.3, 0.4) is 0 Å². The third-order valence-electron chi connectivity index (χ3n) is 3.98. The van der Waals surface area contributed by atoms with Crippen LogP contribution in [-0.2, 0) is 4.79 Å². The molecule has 4 rings (SSSR count). The minimum Gasteiger partial charge on any atom is -0.483 e. The fraction of sp³-hybridized carbons (Fsp3) is 0.0476. The van der Waals surface area contributed by atoms with Crippen LogP contribution in [0.2, 0.25) is 0 Å². The van der Waals surface area contributed by atoms with Crippen molar-refractivity contribution in [1.29, 1.82) is 0 Å². The van der Waals surface area contributed by atoms with Crippen molar-refractivity contribution in [3.05, 3.63) is 77.0 Å². The standard InChI is InChI=1S/C21H14BrFN2O2S/c22-15-11-13(23)9-10-18(15)27-12-20(26)24-16-6-2-1-5-14(16)21-25-17-7-3-4-8-19(17)28-21/h1-11H,12H2,(H,24,26). The molecule has 3 aromatic carbocycles. The smallest absolute Gasteiger partial charge is 0.262 e. The molecule has 0 atom stereocenters.